The SMILES string of the molecule is CCN(CC)C(C)CCC(=O)N1CCOCC1. The number of nitrogens with zero attached hydrogens (tertiary/aromatic N) is 2. The molecule has 0 bridgehead atoms. The zero-order chi connectivity index (χ0) is 12.7. The van der Waals surface area contributed by atoms with Gasteiger partial charge in [-0.2, -0.15) is 0 Å². The minimum atomic E-state index is 0.285. The Morgan fingerprint density at radius 2 is 1.88 bits per heavy atom. The Labute approximate surface area is 105 Å². The van der Waals surface area contributed by atoms with E-state index in [2.05, 4.69) is 25.7 Å². The summed E-state index contributed by atoms with van der Waals surface area (Å²) >= 11 is 0. The van der Waals surface area contributed by atoms with E-state index in [9.17, 15) is 4.79 Å². The predicted octanol–water partition coefficient (Wildman–Crippen LogP) is 1.36. The van der Waals surface area contributed by atoms with Gasteiger partial charge in [0.25, 0.3) is 0 Å². The second kappa shape index (κ2) is 7.67. The number of amides is 1. The van der Waals surface area contributed by atoms with Gasteiger partial charge < -0.3 is 14.5 Å². The maximum absolute atomic E-state index is 12.0. The van der Waals surface area contributed by atoms with Crippen LogP contribution in [0.3, 0.4) is 0 Å². The van der Waals surface area contributed by atoms with E-state index in [0.29, 0.717) is 25.7 Å². The molecule has 1 aliphatic heterocycles. The van der Waals surface area contributed by atoms with Gasteiger partial charge in [0.2, 0.25) is 5.91 Å². The molecule has 0 N–H and O–H groups in total. The van der Waals surface area contributed by atoms with E-state index in [0.717, 1.165) is 32.6 Å². The van der Waals surface area contributed by atoms with E-state index in [1.165, 1.54) is 0 Å². The van der Waals surface area contributed by atoms with E-state index in [1.54, 1.807) is 0 Å². The summed E-state index contributed by atoms with van der Waals surface area (Å²) < 4.78 is 5.25. The molecule has 1 heterocycles. The van der Waals surface area contributed by atoms with Gasteiger partial charge in [0.1, 0.15) is 0 Å². The molecular weight excluding hydrogens is 216 g/mol. The molecule has 4 heteroatoms. The highest BCUT2D eigenvalue weighted by molar-refractivity contribution is 5.76. The molecule has 4 nitrogen and oxygen atoms in total. The summed E-state index contributed by atoms with van der Waals surface area (Å²) in [5.41, 5.74) is 0. The average Bonchev–Trinajstić information content (AvgIpc) is 2.38. The van der Waals surface area contributed by atoms with Crippen LogP contribution in [0.1, 0.15) is 33.6 Å². The lowest BCUT2D eigenvalue weighted by Crippen LogP contribution is -2.41. The molecule has 0 aromatic heterocycles. The summed E-state index contributed by atoms with van der Waals surface area (Å²) in [5, 5.41) is 0. The van der Waals surface area contributed by atoms with Crippen LogP contribution >= 0.6 is 0 Å². The van der Waals surface area contributed by atoms with Crippen LogP contribution in [-0.4, -0.2) is 61.1 Å². The Morgan fingerprint density at radius 3 is 2.41 bits per heavy atom. The molecule has 1 rings (SSSR count). The molecule has 0 radical (unpaired) electrons. The largest absolute Gasteiger partial charge is 0.378 e. The zero-order valence-corrected chi connectivity index (χ0v) is 11.4. The van der Waals surface area contributed by atoms with E-state index >= 15 is 0 Å². The lowest BCUT2D eigenvalue weighted by Gasteiger charge is -2.29. The summed E-state index contributed by atoms with van der Waals surface area (Å²) in [6, 6.07) is 0.495. The summed E-state index contributed by atoms with van der Waals surface area (Å²) in [6.45, 7) is 11.6. The van der Waals surface area contributed by atoms with Crippen molar-refractivity contribution in [1.29, 1.82) is 0 Å². The van der Waals surface area contributed by atoms with E-state index < -0.39 is 0 Å². The van der Waals surface area contributed by atoms with Crippen LogP contribution in [0.25, 0.3) is 0 Å². The molecule has 100 valence electrons. The number of carbonyl (C=O) groups is 1. The lowest BCUT2D eigenvalue weighted by atomic mass is 10.1. The molecule has 1 amide bonds. The van der Waals surface area contributed by atoms with Gasteiger partial charge >= 0.3 is 0 Å². The molecule has 0 saturated carbocycles. The van der Waals surface area contributed by atoms with Gasteiger partial charge in [-0.05, 0) is 26.4 Å². The second-order valence-electron chi connectivity index (χ2n) is 4.60. The second-order valence-corrected chi connectivity index (χ2v) is 4.60. The normalized spacial score (nSPS) is 18.5. The number of hydrogen-bond acceptors (Lipinski definition) is 3. The van der Waals surface area contributed by atoms with E-state index in [4.69, 9.17) is 4.74 Å². The van der Waals surface area contributed by atoms with Gasteiger partial charge in [-0.15, -0.1) is 0 Å². The van der Waals surface area contributed by atoms with Crippen molar-refractivity contribution in [3.63, 3.8) is 0 Å². The molecular formula is C13H26N2O2. The Morgan fingerprint density at radius 1 is 1.29 bits per heavy atom. The fraction of sp³-hybridized carbons (Fsp3) is 0.923. The van der Waals surface area contributed by atoms with Crippen LogP contribution < -0.4 is 0 Å². The highest BCUT2D eigenvalue weighted by Gasteiger charge is 2.18. The first kappa shape index (κ1) is 14.5. The summed E-state index contributed by atoms with van der Waals surface area (Å²) in [5.74, 6) is 0.285. The highest BCUT2D eigenvalue weighted by atomic mass is 16.5. The number of hydrogen-bond donors (Lipinski definition) is 0. The van der Waals surface area contributed by atoms with Crippen molar-refractivity contribution in [2.75, 3.05) is 39.4 Å². The van der Waals surface area contributed by atoms with Crippen molar-refractivity contribution in [2.45, 2.75) is 39.7 Å². The van der Waals surface area contributed by atoms with E-state index in [1.807, 2.05) is 4.90 Å². The topological polar surface area (TPSA) is 32.8 Å². The fourth-order valence-electron chi connectivity index (χ4n) is 2.33. The van der Waals surface area contributed by atoms with Crippen LogP contribution in [0.4, 0.5) is 0 Å². The zero-order valence-electron chi connectivity index (χ0n) is 11.4. The Balaban J connectivity index is 2.26. The quantitative estimate of drug-likeness (QED) is 0.705. The number of morpholine rings is 1. The lowest BCUT2D eigenvalue weighted by molar-refractivity contribution is -0.135. The van der Waals surface area contributed by atoms with Gasteiger partial charge in [-0.25, -0.2) is 0 Å². The average molecular weight is 242 g/mol. The van der Waals surface area contributed by atoms with Gasteiger partial charge in [0.15, 0.2) is 0 Å². The van der Waals surface area contributed by atoms with Crippen molar-refractivity contribution >= 4 is 5.91 Å². The molecule has 0 aromatic carbocycles. The first-order valence-corrected chi connectivity index (χ1v) is 6.78. The molecule has 1 atom stereocenters. The molecule has 17 heavy (non-hydrogen) atoms. The minimum Gasteiger partial charge on any atom is -0.378 e. The molecule has 0 aliphatic carbocycles. The Bertz CT molecular complexity index is 223. The van der Waals surface area contributed by atoms with Crippen LogP contribution in [-0.2, 0) is 9.53 Å². The van der Waals surface area contributed by atoms with Crippen molar-refractivity contribution in [3.8, 4) is 0 Å². The van der Waals surface area contributed by atoms with Crippen molar-refractivity contribution in [2.24, 2.45) is 0 Å². The maximum atomic E-state index is 12.0. The molecule has 0 spiro atoms. The summed E-state index contributed by atoms with van der Waals surface area (Å²) in [6.07, 6.45) is 1.62. The monoisotopic (exact) mass is 242 g/mol. The van der Waals surface area contributed by atoms with Crippen LogP contribution in [0.5, 0.6) is 0 Å². The third-order valence-electron chi connectivity index (χ3n) is 3.58. The van der Waals surface area contributed by atoms with Crippen LogP contribution in [0.2, 0.25) is 0 Å². The minimum absolute atomic E-state index is 0.285. The Hall–Kier alpha value is -0.610. The van der Waals surface area contributed by atoms with Gasteiger partial charge in [-0.1, -0.05) is 13.8 Å². The van der Waals surface area contributed by atoms with Gasteiger partial charge in [0.05, 0.1) is 13.2 Å². The maximum Gasteiger partial charge on any atom is 0.222 e. The van der Waals surface area contributed by atoms with Crippen LogP contribution in [0.15, 0.2) is 0 Å². The van der Waals surface area contributed by atoms with Gasteiger partial charge in [0, 0.05) is 25.6 Å². The van der Waals surface area contributed by atoms with Crippen molar-refractivity contribution in [1.82, 2.24) is 9.80 Å². The Kier molecular flexibility index (Phi) is 6.52. The third-order valence-corrected chi connectivity index (χ3v) is 3.58. The molecule has 0 aromatic rings. The molecule has 1 fully saturated rings. The first-order chi connectivity index (χ1) is 8.19. The first-order valence-electron chi connectivity index (χ1n) is 6.78. The number of rotatable bonds is 6. The highest BCUT2D eigenvalue weighted by Crippen LogP contribution is 2.09. The summed E-state index contributed by atoms with van der Waals surface area (Å²) in [4.78, 5) is 16.3. The number of ether oxygens (including phenoxy) is 1. The summed E-state index contributed by atoms with van der Waals surface area (Å²) in [7, 11) is 0. The number of carbonyl (C=O) groups excluding carboxylic acids is 1. The predicted molar refractivity (Wildman–Crippen MR) is 69.0 cm³/mol. The fourth-order valence-corrected chi connectivity index (χ4v) is 2.33. The smallest absolute Gasteiger partial charge is 0.222 e. The van der Waals surface area contributed by atoms with Crippen molar-refractivity contribution < 1.29 is 9.53 Å². The molecule has 1 aliphatic rings. The standard InChI is InChI=1S/C13H26N2O2/c1-4-14(5-2)12(3)6-7-13(16)15-8-10-17-11-9-15/h12H,4-11H2,1-3H3. The van der Waals surface area contributed by atoms with Gasteiger partial charge in [-0.3, -0.25) is 4.79 Å². The third kappa shape index (κ3) is 4.64. The van der Waals surface area contributed by atoms with Crippen LogP contribution in [0, 0.1) is 0 Å². The molecule has 1 unspecified atom stereocenters. The van der Waals surface area contributed by atoms with Crippen molar-refractivity contribution in [3.05, 3.63) is 0 Å². The van der Waals surface area contributed by atoms with E-state index in [-0.39, 0.29) is 5.91 Å². The molecule has 1 saturated heterocycles.